The molecule has 3 heterocycles. The van der Waals surface area contributed by atoms with Crippen LogP contribution in [0, 0.1) is 0 Å². The van der Waals surface area contributed by atoms with Crippen molar-refractivity contribution < 1.29 is 14.0 Å². The van der Waals surface area contributed by atoms with E-state index < -0.39 is 0 Å². The first kappa shape index (κ1) is 17.4. The fourth-order valence-corrected chi connectivity index (χ4v) is 4.14. The van der Waals surface area contributed by atoms with Gasteiger partial charge in [-0.15, -0.1) is 11.3 Å². The minimum atomic E-state index is -0.350. The first-order chi connectivity index (χ1) is 11.7. The van der Waals surface area contributed by atoms with E-state index in [1.54, 1.807) is 11.3 Å². The lowest BCUT2D eigenvalue weighted by Gasteiger charge is -2.32. The largest absolute Gasteiger partial charge is 0.494 e. The van der Waals surface area contributed by atoms with Crippen molar-refractivity contribution in [1.82, 2.24) is 9.88 Å². The van der Waals surface area contributed by atoms with Crippen molar-refractivity contribution in [2.24, 2.45) is 0 Å². The Morgan fingerprint density at radius 2 is 1.92 bits per heavy atom. The number of benzene rings is 1. The molecule has 7 heteroatoms. The molecule has 1 aromatic heterocycles. The fraction of sp³-hybridized carbons (Fsp3) is 0.611. The van der Waals surface area contributed by atoms with Crippen LogP contribution in [0.4, 0.5) is 0 Å². The fourth-order valence-electron chi connectivity index (χ4n) is 3.15. The predicted octanol–water partition coefficient (Wildman–Crippen LogP) is 2.60. The van der Waals surface area contributed by atoms with Gasteiger partial charge in [-0.25, -0.2) is 4.98 Å². The number of hydrogen-bond acceptors (Lipinski definition) is 6. The Labute approximate surface area is 153 Å². The van der Waals surface area contributed by atoms with Crippen LogP contribution < -0.4 is 5.46 Å². The first-order valence-corrected chi connectivity index (χ1v) is 9.63. The van der Waals surface area contributed by atoms with Crippen LogP contribution in [-0.2, 0) is 14.0 Å². The summed E-state index contributed by atoms with van der Waals surface area (Å²) in [6, 6.07) is 6.29. The van der Waals surface area contributed by atoms with Gasteiger partial charge in [-0.3, -0.25) is 0 Å². The number of ether oxygens (including phenoxy) is 1. The number of rotatable bonds is 2. The van der Waals surface area contributed by atoms with E-state index in [4.69, 9.17) is 19.0 Å². The molecule has 134 valence electrons. The topological polar surface area (TPSA) is 43.8 Å². The molecule has 2 aliphatic rings. The van der Waals surface area contributed by atoms with Crippen molar-refractivity contribution >= 4 is 34.1 Å². The normalized spacial score (nSPS) is 26.4. The Morgan fingerprint density at radius 1 is 1.20 bits per heavy atom. The first-order valence-electron chi connectivity index (χ1n) is 8.81. The Bertz CT molecular complexity index is 776. The van der Waals surface area contributed by atoms with Crippen LogP contribution in [-0.4, -0.2) is 54.9 Å². The maximum Gasteiger partial charge on any atom is 0.494 e. The molecule has 2 aliphatic heterocycles. The minimum absolute atomic E-state index is 0.0662. The van der Waals surface area contributed by atoms with Crippen LogP contribution in [0.3, 0.4) is 0 Å². The highest BCUT2D eigenvalue weighted by Crippen LogP contribution is 2.37. The molecule has 0 amide bonds. The molecule has 0 bridgehead atoms. The summed E-state index contributed by atoms with van der Waals surface area (Å²) in [5.74, 6) is 0. The highest BCUT2D eigenvalue weighted by molar-refractivity contribution is 7.18. The molecule has 0 spiro atoms. The van der Waals surface area contributed by atoms with Gasteiger partial charge in [-0.05, 0) is 52.3 Å². The van der Waals surface area contributed by atoms with Crippen molar-refractivity contribution in [1.29, 1.82) is 0 Å². The Hall–Kier alpha value is -0.985. The molecule has 1 aromatic carbocycles. The maximum atomic E-state index is 6.16. The third kappa shape index (κ3) is 3.13. The molecule has 1 atom stereocenters. The van der Waals surface area contributed by atoms with Gasteiger partial charge in [0.2, 0.25) is 0 Å². The van der Waals surface area contributed by atoms with Crippen LogP contribution in [0.2, 0.25) is 0 Å². The second-order valence-corrected chi connectivity index (χ2v) is 9.05. The molecule has 0 aliphatic carbocycles. The number of fused-ring (bicyclic) bond motifs is 1. The number of likely N-dealkylation sites (N-methyl/N-ethyl adjacent to an activating group) is 1. The standard InChI is InChI=1S/C18H25BN2O3S/c1-17(2)18(3,4)24-19(23-17)12-6-7-15-13(10-12)20-16(25-15)14-11-21(5)8-9-22-14/h6-7,10,14H,8-9,11H2,1-5H3. The smallest absolute Gasteiger partial charge is 0.399 e. The van der Waals surface area contributed by atoms with E-state index in [0.717, 1.165) is 35.7 Å². The summed E-state index contributed by atoms with van der Waals surface area (Å²) in [5, 5.41) is 1.05. The summed E-state index contributed by atoms with van der Waals surface area (Å²) in [7, 11) is 1.77. The van der Waals surface area contributed by atoms with Gasteiger partial charge in [0.05, 0.1) is 28.0 Å². The van der Waals surface area contributed by atoms with Gasteiger partial charge < -0.3 is 18.9 Å². The maximum absolute atomic E-state index is 6.16. The zero-order valence-corrected chi connectivity index (χ0v) is 16.4. The molecule has 0 radical (unpaired) electrons. The molecule has 5 nitrogen and oxygen atoms in total. The Balaban J connectivity index is 1.61. The summed E-state index contributed by atoms with van der Waals surface area (Å²) in [5.41, 5.74) is 1.34. The van der Waals surface area contributed by atoms with Gasteiger partial charge in [0.15, 0.2) is 0 Å². The summed E-state index contributed by atoms with van der Waals surface area (Å²) in [6.07, 6.45) is 0.0662. The second kappa shape index (κ2) is 6.03. The molecular weight excluding hydrogens is 335 g/mol. The number of aromatic nitrogens is 1. The SMILES string of the molecule is CN1CCOC(c2nc3cc(B4OC(C)(C)C(C)(C)O4)ccc3s2)C1. The highest BCUT2D eigenvalue weighted by atomic mass is 32.1. The molecule has 1 unspecified atom stereocenters. The molecule has 2 saturated heterocycles. The zero-order chi connectivity index (χ0) is 17.8. The predicted molar refractivity (Wildman–Crippen MR) is 102 cm³/mol. The second-order valence-electron chi connectivity index (χ2n) is 7.99. The van der Waals surface area contributed by atoms with E-state index in [0.29, 0.717) is 0 Å². The molecule has 0 saturated carbocycles. The highest BCUT2D eigenvalue weighted by Gasteiger charge is 2.51. The average Bonchev–Trinajstić information content (AvgIpc) is 3.05. The molecule has 25 heavy (non-hydrogen) atoms. The summed E-state index contributed by atoms with van der Waals surface area (Å²) in [6.45, 7) is 10.9. The Kier molecular flexibility index (Phi) is 4.20. The van der Waals surface area contributed by atoms with Crippen molar-refractivity contribution in [2.75, 3.05) is 26.7 Å². The van der Waals surface area contributed by atoms with Crippen LogP contribution in [0.25, 0.3) is 10.2 Å². The van der Waals surface area contributed by atoms with Crippen molar-refractivity contribution in [3.8, 4) is 0 Å². The summed E-state index contributed by atoms with van der Waals surface area (Å²) in [4.78, 5) is 7.12. The van der Waals surface area contributed by atoms with Crippen LogP contribution >= 0.6 is 11.3 Å². The van der Waals surface area contributed by atoms with E-state index in [2.05, 4.69) is 57.8 Å². The minimum Gasteiger partial charge on any atom is -0.399 e. The van der Waals surface area contributed by atoms with Crippen molar-refractivity contribution in [3.63, 3.8) is 0 Å². The number of nitrogens with zero attached hydrogens (tertiary/aromatic N) is 2. The molecule has 2 fully saturated rings. The van der Waals surface area contributed by atoms with Crippen LogP contribution in [0.5, 0.6) is 0 Å². The van der Waals surface area contributed by atoms with Gasteiger partial charge in [-0.2, -0.15) is 0 Å². The zero-order valence-electron chi connectivity index (χ0n) is 15.5. The van der Waals surface area contributed by atoms with Crippen LogP contribution in [0.15, 0.2) is 18.2 Å². The lowest BCUT2D eigenvalue weighted by molar-refractivity contribution is -0.0208. The molecular formula is C18H25BN2O3S. The third-order valence-corrected chi connectivity index (χ3v) is 6.63. The average molecular weight is 360 g/mol. The summed E-state index contributed by atoms with van der Waals surface area (Å²) < 4.78 is 19.4. The van der Waals surface area contributed by atoms with Gasteiger partial charge in [0.1, 0.15) is 11.1 Å². The molecule has 0 N–H and O–H groups in total. The van der Waals surface area contributed by atoms with E-state index in [-0.39, 0.29) is 24.4 Å². The lowest BCUT2D eigenvalue weighted by atomic mass is 9.79. The number of thiazole rings is 1. The number of hydrogen-bond donors (Lipinski definition) is 0. The van der Waals surface area contributed by atoms with Gasteiger partial charge >= 0.3 is 7.12 Å². The number of morpholine rings is 1. The van der Waals surface area contributed by atoms with Crippen molar-refractivity contribution in [3.05, 3.63) is 23.2 Å². The van der Waals surface area contributed by atoms with Gasteiger partial charge in [0.25, 0.3) is 0 Å². The lowest BCUT2D eigenvalue weighted by Crippen LogP contribution is -2.41. The van der Waals surface area contributed by atoms with E-state index in [1.807, 2.05) is 0 Å². The molecule has 4 rings (SSSR count). The van der Waals surface area contributed by atoms with Crippen molar-refractivity contribution in [2.45, 2.75) is 45.0 Å². The van der Waals surface area contributed by atoms with Gasteiger partial charge in [0, 0.05) is 13.1 Å². The quantitative estimate of drug-likeness (QED) is 0.771. The van der Waals surface area contributed by atoms with E-state index in [1.165, 1.54) is 4.70 Å². The summed E-state index contributed by atoms with van der Waals surface area (Å²) >= 11 is 1.71. The Morgan fingerprint density at radius 3 is 2.60 bits per heavy atom. The van der Waals surface area contributed by atoms with Gasteiger partial charge in [-0.1, -0.05) is 6.07 Å². The monoisotopic (exact) mass is 360 g/mol. The van der Waals surface area contributed by atoms with E-state index >= 15 is 0 Å². The van der Waals surface area contributed by atoms with E-state index in [9.17, 15) is 0 Å². The van der Waals surface area contributed by atoms with Crippen LogP contribution in [0.1, 0.15) is 38.8 Å². The third-order valence-electron chi connectivity index (χ3n) is 5.50. The molecule has 2 aromatic rings.